The lowest BCUT2D eigenvalue weighted by atomic mass is 10.5. The van der Waals surface area contributed by atoms with Gasteiger partial charge in [-0.1, -0.05) is 11.3 Å². The molecule has 0 aliphatic heterocycles. The van der Waals surface area contributed by atoms with Gasteiger partial charge >= 0.3 is 6.18 Å². The van der Waals surface area contributed by atoms with Crippen molar-refractivity contribution in [3.63, 3.8) is 0 Å². The normalized spacial score (nSPS) is 12.5. The Balaban J connectivity index is 2.38. The summed E-state index contributed by atoms with van der Waals surface area (Å²) in [7, 11) is 1.49. The van der Waals surface area contributed by atoms with Crippen molar-refractivity contribution in [1.82, 2.24) is 14.6 Å². The van der Waals surface area contributed by atoms with Gasteiger partial charge in [-0.05, 0) is 0 Å². The lowest BCUT2D eigenvalue weighted by Crippen LogP contribution is -2.04. The van der Waals surface area contributed by atoms with E-state index in [2.05, 4.69) is 10.1 Å². The van der Waals surface area contributed by atoms with Crippen LogP contribution in [0.15, 0.2) is 6.20 Å². The number of hydrogen-bond donors (Lipinski definition) is 0. The van der Waals surface area contributed by atoms with Crippen LogP contribution in [0.1, 0.15) is 10.7 Å². The van der Waals surface area contributed by atoms with Gasteiger partial charge in [-0.3, -0.25) is 0 Å². The molecule has 2 rings (SSSR count). The van der Waals surface area contributed by atoms with E-state index < -0.39 is 11.9 Å². The van der Waals surface area contributed by atoms with Gasteiger partial charge in [0.05, 0.1) is 12.8 Å². The zero-order chi connectivity index (χ0) is 11.1. The summed E-state index contributed by atoms with van der Waals surface area (Å²) in [5.74, 6) is 0. The summed E-state index contributed by atoms with van der Waals surface area (Å²) in [6, 6.07) is 0. The lowest BCUT2D eigenvalue weighted by molar-refractivity contribution is -0.140. The second-order valence-electron chi connectivity index (χ2n) is 2.78. The van der Waals surface area contributed by atoms with Crippen LogP contribution < -0.4 is 0 Å². The fourth-order valence-electron chi connectivity index (χ4n) is 1.06. The van der Waals surface area contributed by atoms with Crippen LogP contribution in [0.5, 0.6) is 0 Å². The van der Waals surface area contributed by atoms with Gasteiger partial charge < -0.3 is 4.74 Å². The first-order valence-electron chi connectivity index (χ1n) is 3.92. The van der Waals surface area contributed by atoms with Crippen molar-refractivity contribution in [2.24, 2.45) is 0 Å². The third kappa shape index (κ3) is 1.95. The number of alkyl halides is 3. The largest absolute Gasteiger partial charge is 0.435 e. The highest BCUT2D eigenvalue weighted by Gasteiger charge is 2.34. The Morgan fingerprint density at radius 1 is 1.53 bits per heavy atom. The van der Waals surface area contributed by atoms with E-state index in [4.69, 9.17) is 4.74 Å². The first kappa shape index (κ1) is 10.4. The van der Waals surface area contributed by atoms with Crippen molar-refractivity contribution < 1.29 is 17.9 Å². The highest BCUT2D eigenvalue weighted by Crippen LogP contribution is 2.29. The summed E-state index contributed by atoms with van der Waals surface area (Å²) in [5.41, 5.74) is -0.926. The van der Waals surface area contributed by atoms with Gasteiger partial charge in [0.25, 0.3) is 0 Å². The summed E-state index contributed by atoms with van der Waals surface area (Å²) in [4.78, 5) is 3.64. The number of fused-ring (bicyclic) bond motifs is 1. The standard InChI is InChI=1S/C7H6F3N3OS/c1-14-3-5-12-13-2-4(7(8,9)10)11-6(13)15-5/h2H,3H2,1H3. The molecule has 0 fully saturated rings. The van der Waals surface area contributed by atoms with E-state index in [0.717, 1.165) is 22.0 Å². The molecule has 0 saturated heterocycles. The van der Waals surface area contributed by atoms with Crippen LogP contribution in [-0.4, -0.2) is 21.7 Å². The van der Waals surface area contributed by atoms with Crippen LogP contribution in [0.2, 0.25) is 0 Å². The van der Waals surface area contributed by atoms with Crippen LogP contribution in [0.25, 0.3) is 4.96 Å². The number of aromatic nitrogens is 3. The topological polar surface area (TPSA) is 39.4 Å². The number of hydrogen-bond acceptors (Lipinski definition) is 4. The van der Waals surface area contributed by atoms with E-state index in [-0.39, 0.29) is 11.6 Å². The molecule has 0 aliphatic rings. The first-order valence-corrected chi connectivity index (χ1v) is 4.73. The third-order valence-corrected chi connectivity index (χ3v) is 2.54. The number of ether oxygens (including phenoxy) is 1. The quantitative estimate of drug-likeness (QED) is 0.801. The molecule has 0 amide bonds. The van der Waals surface area contributed by atoms with Crippen LogP contribution in [-0.2, 0) is 17.5 Å². The molecule has 0 radical (unpaired) electrons. The van der Waals surface area contributed by atoms with Crippen molar-refractivity contribution in [1.29, 1.82) is 0 Å². The molecule has 4 nitrogen and oxygen atoms in total. The molecule has 0 spiro atoms. The second kappa shape index (κ2) is 3.46. The number of imidazole rings is 1. The van der Waals surface area contributed by atoms with E-state index in [1.54, 1.807) is 0 Å². The Hall–Kier alpha value is -1.15. The average molecular weight is 237 g/mol. The minimum atomic E-state index is -4.42. The molecule has 8 heteroatoms. The van der Waals surface area contributed by atoms with E-state index >= 15 is 0 Å². The molecule has 2 heterocycles. The minimum absolute atomic E-state index is 0.217. The van der Waals surface area contributed by atoms with Crippen LogP contribution in [0.4, 0.5) is 13.2 Å². The molecule has 0 saturated carbocycles. The van der Waals surface area contributed by atoms with E-state index in [1.165, 1.54) is 7.11 Å². The van der Waals surface area contributed by atoms with Gasteiger partial charge in [-0.2, -0.15) is 18.3 Å². The molecule has 0 bridgehead atoms. The molecular weight excluding hydrogens is 231 g/mol. The summed E-state index contributed by atoms with van der Waals surface area (Å²) in [5, 5.41) is 4.48. The van der Waals surface area contributed by atoms with Crippen molar-refractivity contribution in [2.45, 2.75) is 12.8 Å². The monoisotopic (exact) mass is 237 g/mol. The summed E-state index contributed by atoms with van der Waals surface area (Å²) in [6.45, 7) is 0.273. The fraction of sp³-hybridized carbons (Fsp3) is 0.429. The van der Waals surface area contributed by atoms with E-state index in [1.807, 2.05) is 0 Å². The highest BCUT2D eigenvalue weighted by molar-refractivity contribution is 7.16. The van der Waals surface area contributed by atoms with Gasteiger partial charge in [-0.25, -0.2) is 9.50 Å². The van der Waals surface area contributed by atoms with Crippen LogP contribution in [0.3, 0.4) is 0 Å². The maximum atomic E-state index is 12.2. The van der Waals surface area contributed by atoms with Gasteiger partial charge in [0.1, 0.15) is 5.01 Å². The van der Waals surface area contributed by atoms with Crippen molar-refractivity contribution in [3.8, 4) is 0 Å². The Morgan fingerprint density at radius 3 is 2.80 bits per heavy atom. The summed E-state index contributed by atoms with van der Waals surface area (Å²) < 4.78 is 42.6. The SMILES string of the molecule is COCc1nn2cc(C(F)(F)F)nc2s1. The molecule has 2 aromatic heterocycles. The van der Waals surface area contributed by atoms with Gasteiger partial charge in [0.15, 0.2) is 5.69 Å². The van der Waals surface area contributed by atoms with Crippen molar-refractivity contribution in [3.05, 3.63) is 16.9 Å². The van der Waals surface area contributed by atoms with Crippen molar-refractivity contribution >= 4 is 16.3 Å². The van der Waals surface area contributed by atoms with E-state index in [0.29, 0.717) is 5.01 Å². The molecule has 15 heavy (non-hydrogen) atoms. The molecular formula is C7H6F3N3OS. The smallest absolute Gasteiger partial charge is 0.377 e. The van der Waals surface area contributed by atoms with Gasteiger partial charge in [0.2, 0.25) is 4.96 Å². The second-order valence-corrected chi connectivity index (χ2v) is 3.82. The average Bonchev–Trinajstić information content (AvgIpc) is 2.59. The predicted octanol–water partition coefficient (Wildman–Crippen LogP) is 1.96. The Bertz CT molecular complexity index is 444. The molecule has 0 aromatic carbocycles. The molecule has 0 aliphatic carbocycles. The minimum Gasteiger partial charge on any atom is -0.377 e. The summed E-state index contributed by atoms with van der Waals surface area (Å²) in [6.07, 6.45) is -3.56. The highest BCUT2D eigenvalue weighted by atomic mass is 32.1. The molecule has 0 atom stereocenters. The van der Waals surface area contributed by atoms with Crippen molar-refractivity contribution in [2.75, 3.05) is 7.11 Å². The third-order valence-electron chi connectivity index (χ3n) is 1.64. The molecule has 0 unspecified atom stereocenters. The molecule has 0 N–H and O–H groups in total. The fourth-order valence-corrected chi connectivity index (χ4v) is 1.91. The van der Waals surface area contributed by atoms with Crippen LogP contribution >= 0.6 is 11.3 Å². The van der Waals surface area contributed by atoms with E-state index in [9.17, 15) is 13.2 Å². The number of halogens is 3. The zero-order valence-electron chi connectivity index (χ0n) is 7.58. The first-order chi connectivity index (χ1) is 7.00. The van der Waals surface area contributed by atoms with Gasteiger partial charge in [0, 0.05) is 7.11 Å². The molecule has 2 aromatic rings. The Kier molecular flexibility index (Phi) is 2.39. The number of methoxy groups -OCH3 is 1. The maximum Gasteiger partial charge on any atom is 0.435 e. The maximum absolute atomic E-state index is 12.2. The predicted molar refractivity (Wildman–Crippen MR) is 46.6 cm³/mol. The van der Waals surface area contributed by atoms with Crippen LogP contribution in [0, 0.1) is 0 Å². The molecule has 82 valence electrons. The summed E-state index contributed by atoms with van der Waals surface area (Å²) >= 11 is 1.07. The zero-order valence-corrected chi connectivity index (χ0v) is 8.39. The van der Waals surface area contributed by atoms with Gasteiger partial charge in [-0.15, -0.1) is 0 Å². The number of nitrogens with zero attached hydrogens (tertiary/aromatic N) is 3. The number of rotatable bonds is 2. The lowest BCUT2D eigenvalue weighted by Gasteiger charge is -1.98. The Labute approximate surface area is 86.3 Å². The Morgan fingerprint density at radius 2 is 2.27 bits per heavy atom.